The smallest absolute Gasteiger partial charge is 0.417 e. The van der Waals surface area contributed by atoms with Gasteiger partial charge >= 0.3 is 12.1 Å². The van der Waals surface area contributed by atoms with E-state index < -0.39 is 18.2 Å². The lowest BCUT2D eigenvalue weighted by Gasteiger charge is -2.22. The number of carbonyl (C=O) groups is 1. The van der Waals surface area contributed by atoms with Gasteiger partial charge in [0.15, 0.2) is 6.10 Å². The molecule has 1 aromatic rings. The van der Waals surface area contributed by atoms with Crippen LogP contribution in [0.2, 0.25) is 0 Å². The van der Waals surface area contributed by atoms with Crippen LogP contribution in [0.25, 0.3) is 6.08 Å². The molecule has 0 bridgehead atoms. The Balaban J connectivity index is 2.35. The standard InChI is InChI=1S/C28H44F3NO4/c1-2-3-4-5-6-7-8-9-10-11-20-32(21-12-13-27(34)35)22-23-36-25-17-14-24(15-18-25)16-19-26(33)28(29,30)31/h14-19,26,33H,2-13,20-23H2,1H3,(H,34,35). The number of benzene rings is 1. The average molecular weight is 516 g/mol. The topological polar surface area (TPSA) is 70.0 Å². The van der Waals surface area contributed by atoms with Crippen LogP contribution >= 0.6 is 0 Å². The van der Waals surface area contributed by atoms with Crippen LogP contribution in [-0.4, -0.2) is 59.6 Å². The second kappa shape index (κ2) is 19.1. The Morgan fingerprint density at radius 2 is 1.47 bits per heavy atom. The fraction of sp³-hybridized carbons (Fsp3) is 0.679. The summed E-state index contributed by atoms with van der Waals surface area (Å²) >= 11 is 0. The van der Waals surface area contributed by atoms with Gasteiger partial charge in [-0.1, -0.05) is 82.9 Å². The molecule has 5 nitrogen and oxygen atoms in total. The van der Waals surface area contributed by atoms with Crippen LogP contribution in [0.4, 0.5) is 13.2 Å². The summed E-state index contributed by atoms with van der Waals surface area (Å²) in [5.74, 6) is -0.185. The van der Waals surface area contributed by atoms with Gasteiger partial charge in [-0.3, -0.25) is 9.69 Å². The fourth-order valence-electron chi connectivity index (χ4n) is 3.89. The van der Waals surface area contributed by atoms with E-state index in [-0.39, 0.29) is 6.42 Å². The van der Waals surface area contributed by atoms with E-state index >= 15 is 0 Å². The molecule has 1 atom stereocenters. The molecule has 0 aliphatic heterocycles. The first-order valence-electron chi connectivity index (χ1n) is 13.3. The van der Waals surface area contributed by atoms with Crippen LogP contribution in [0.3, 0.4) is 0 Å². The second-order valence-corrected chi connectivity index (χ2v) is 9.28. The number of rotatable bonds is 21. The largest absolute Gasteiger partial charge is 0.492 e. The molecule has 2 N–H and O–H groups in total. The van der Waals surface area contributed by atoms with Crippen molar-refractivity contribution in [1.29, 1.82) is 0 Å². The minimum Gasteiger partial charge on any atom is -0.492 e. The van der Waals surface area contributed by atoms with E-state index in [0.717, 1.165) is 13.0 Å². The third kappa shape index (κ3) is 16.6. The number of unbranched alkanes of at least 4 members (excludes halogenated alkanes) is 9. The zero-order valence-electron chi connectivity index (χ0n) is 21.6. The number of alkyl halides is 3. The van der Waals surface area contributed by atoms with Crippen molar-refractivity contribution in [1.82, 2.24) is 4.90 Å². The van der Waals surface area contributed by atoms with Crippen LogP contribution in [0.5, 0.6) is 5.75 Å². The third-order valence-corrected chi connectivity index (χ3v) is 6.06. The summed E-state index contributed by atoms with van der Waals surface area (Å²) in [5.41, 5.74) is 0.530. The maximum absolute atomic E-state index is 12.4. The van der Waals surface area contributed by atoms with E-state index in [0.29, 0.717) is 43.5 Å². The third-order valence-electron chi connectivity index (χ3n) is 6.06. The molecule has 0 fully saturated rings. The molecule has 0 saturated heterocycles. The van der Waals surface area contributed by atoms with Crippen LogP contribution in [0.1, 0.15) is 89.5 Å². The van der Waals surface area contributed by atoms with E-state index in [1.54, 1.807) is 24.3 Å². The van der Waals surface area contributed by atoms with Gasteiger partial charge in [-0.15, -0.1) is 0 Å². The molecular weight excluding hydrogens is 471 g/mol. The van der Waals surface area contributed by atoms with Crippen LogP contribution in [0, 0.1) is 0 Å². The molecule has 0 saturated carbocycles. The van der Waals surface area contributed by atoms with Gasteiger partial charge in [-0.25, -0.2) is 0 Å². The monoisotopic (exact) mass is 515 g/mol. The predicted octanol–water partition coefficient (Wildman–Crippen LogP) is 7.09. The average Bonchev–Trinajstić information content (AvgIpc) is 2.83. The number of aliphatic hydroxyl groups excluding tert-OH is 1. The molecule has 36 heavy (non-hydrogen) atoms. The molecule has 8 heteroatoms. The molecule has 0 radical (unpaired) electrons. The quantitative estimate of drug-likeness (QED) is 0.171. The molecule has 0 aromatic heterocycles. The van der Waals surface area contributed by atoms with Crippen LogP contribution < -0.4 is 4.74 Å². The SMILES string of the molecule is CCCCCCCCCCCCN(CCCC(=O)O)CCOc1ccc(C=CC(O)C(F)(F)F)cc1. The second-order valence-electron chi connectivity index (χ2n) is 9.28. The van der Waals surface area contributed by atoms with E-state index in [2.05, 4.69) is 11.8 Å². The summed E-state index contributed by atoms with van der Waals surface area (Å²) in [7, 11) is 0. The molecule has 0 amide bonds. The van der Waals surface area contributed by atoms with Crippen molar-refractivity contribution >= 4 is 12.0 Å². The van der Waals surface area contributed by atoms with Gasteiger partial charge in [0.1, 0.15) is 12.4 Å². The lowest BCUT2D eigenvalue weighted by molar-refractivity contribution is -0.187. The van der Waals surface area contributed by atoms with Gasteiger partial charge in [0.2, 0.25) is 0 Å². The lowest BCUT2D eigenvalue weighted by atomic mass is 10.1. The highest BCUT2D eigenvalue weighted by atomic mass is 19.4. The van der Waals surface area contributed by atoms with Crippen molar-refractivity contribution in [2.45, 2.75) is 96.3 Å². The summed E-state index contributed by atoms with van der Waals surface area (Å²) in [6.45, 7) is 4.96. The van der Waals surface area contributed by atoms with Gasteiger partial charge in [-0.05, 0) is 49.7 Å². The van der Waals surface area contributed by atoms with Gasteiger partial charge in [0.25, 0.3) is 0 Å². The molecular formula is C28H44F3NO4. The number of hydrogen-bond donors (Lipinski definition) is 2. The number of halogens is 3. The van der Waals surface area contributed by atoms with Crippen LogP contribution in [0.15, 0.2) is 30.3 Å². The van der Waals surface area contributed by atoms with Gasteiger partial charge in [-0.2, -0.15) is 13.2 Å². The lowest BCUT2D eigenvalue weighted by Crippen LogP contribution is -2.31. The van der Waals surface area contributed by atoms with Crippen molar-refractivity contribution in [3.63, 3.8) is 0 Å². The Labute approximate surface area is 214 Å². The normalized spacial score (nSPS) is 12.9. The molecule has 0 spiro atoms. The fourth-order valence-corrected chi connectivity index (χ4v) is 3.89. The first kappa shape index (κ1) is 32.0. The van der Waals surface area contributed by atoms with Crippen molar-refractivity contribution in [3.8, 4) is 5.75 Å². The molecule has 0 aliphatic rings. The van der Waals surface area contributed by atoms with Gasteiger partial charge in [0.05, 0.1) is 0 Å². The van der Waals surface area contributed by atoms with E-state index in [1.165, 1.54) is 63.9 Å². The summed E-state index contributed by atoms with van der Waals surface area (Å²) in [6, 6.07) is 6.61. The Morgan fingerprint density at radius 3 is 2.03 bits per heavy atom. The summed E-state index contributed by atoms with van der Waals surface area (Å²) in [4.78, 5) is 13.1. The van der Waals surface area contributed by atoms with Crippen molar-refractivity contribution in [3.05, 3.63) is 35.9 Å². The summed E-state index contributed by atoms with van der Waals surface area (Å²) < 4.78 is 42.9. The number of aliphatic hydroxyl groups is 1. The summed E-state index contributed by atoms with van der Waals surface area (Å²) in [6.07, 6.45) is 8.17. The first-order chi connectivity index (χ1) is 17.2. The Morgan fingerprint density at radius 1 is 0.917 bits per heavy atom. The highest BCUT2D eigenvalue weighted by Crippen LogP contribution is 2.22. The maximum atomic E-state index is 12.4. The summed E-state index contributed by atoms with van der Waals surface area (Å²) in [5, 5.41) is 18.0. The Bertz CT molecular complexity index is 723. The first-order valence-corrected chi connectivity index (χ1v) is 13.3. The Kier molecular flexibility index (Phi) is 17.0. The molecule has 0 heterocycles. The number of ether oxygens (including phenoxy) is 1. The van der Waals surface area contributed by atoms with E-state index in [4.69, 9.17) is 14.9 Å². The molecule has 0 aliphatic carbocycles. The minimum atomic E-state index is -4.68. The molecule has 206 valence electrons. The highest BCUT2D eigenvalue weighted by Gasteiger charge is 2.36. The highest BCUT2D eigenvalue weighted by molar-refractivity contribution is 5.66. The molecule has 1 unspecified atom stereocenters. The minimum absolute atomic E-state index is 0.146. The Hall–Kier alpha value is -2.06. The molecule has 1 aromatic carbocycles. The van der Waals surface area contributed by atoms with Crippen LogP contribution in [-0.2, 0) is 4.79 Å². The number of carboxylic acids is 1. The van der Waals surface area contributed by atoms with Crippen molar-refractivity contribution in [2.75, 3.05) is 26.2 Å². The van der Waals surface area contributed by atoms with Gasteiger partial charge < -0.3 is 14.9 Å². The predicted molar refractivity (Wildman–Crippen MR) is 138 cm³/mol. The number of hydrogen-bond acceptors (Lipinski definition) is 4. The van der Waals surface area contributed by atoms with Crippen molar-refractivity contribution < 1.29 is 32.9 Å². The van der Waals surface area contributed by atoms with Gasteiger partial charge in [0, 0.05) is 13.0 Å². The zero-order valence-corrected chi connectivity index (χ0v) is 21.6. The maximum Gasteiger partial charge on any atom is 0.417 e. The van der Waals surface area contributed by atoms with Crippen molar-refractivity contribution in [2.24, 2.45) is 0 Å². The number of carboxylic acid groups (broad SMARTS) is 1. The number of nitrogens with zero attached hydrogens (tertiary/aromatic N) is 1. The van der Waals surface area contributed by atoms with E-state index in [9.17, 15) is 18.0 Å². The molecule has 1 rings (SSSR count). The zero-order chi connectivity index (χ0) is 26.7. The number of aliphatic carboxylic acids is 1. The van der Waals surface area contributed by atoms with E-state index in [1.807, 2.05) is 0 Å².